The minimum absolute atomic E-state index is 0.0574. The molecule has 3 rings (SSSR count). The molecule has 0 saturated heterocycles. The number of benzene rings is 2. The number of para-hydroxylation sites is 1. The SMILES string of the molecule is CCCCOC(=O)Oc1ccc2c(=O)c(Oc3ccccc3Br)coc2c1. The molecule has 0 aliphatic carbocycles. The fourth-order valence-corrected chi connectivity index (χ4v) is 2.66. The quantitative estimate of drug-likeness (QED) is 0.284. The first-order valence-electron chi connectivity index (χ1n) is 8.41. The zero-order valence-electron chi connectivity index (χ0n) is 14.6. The van der Waals surface area contributed by atoms with Crippen molar-refractivity contribution in [3.63, 3.8) is 0 Å². The van der Waals surface area contributed by atoms with E-state index < -0.39 is 6.16 Å². The summed E-state index contributed by atoms with van der Waals surface area (Å²) in [5.74, 6) is 0.785. The number of unbranched alkanes of at least 4 members (excludes halogenated alkanes) is 1. The van der Waals surface area contributed by atoms with Crippen LogP contribution in [0.1, 0.15) is 19.8 Å². The van der Waals surface area contributed by atoms with E-state index in [1.165, 1.54) is 24.5 Å². The second-order valence-corrected chi connectivity index (χ2v) is 6.53. The van der Waals surface area contributed by atoms with Crippen molar-refractivity contribution in [2.45, 2.75) is 19.8 Å². The minimum Gasteiger partial charge on any atom is -0.460 e. The van der Waals surface area contributed by atoms with E-state index in [-0.39, 0.29) is 22.5 Å². The molecule has 2 aromatic carbocycles. The Morgan fingerprint density at radius 1 is 1.15 bits per heavy atom. The Labute approximate surface area is 163 Å². The Bertz CT molecular complexity index is 1010. The average Bonchev–Trinajstić information content (AvgIpc) is 2.66. The first-order chi connectivity index (χ1) is 13.1. The number of hydrogen-bond donors (Lipinski definition) is 0. The lowest BCUT2D eigenvalue weighted by molar-refractivity contribution is 0.0978. The monoisotopic (exact) mass is 432 g/mol. The van der Waals surface area contributed by atoms with Crippen LogP contribution in [0.25, 0.3) is 11.0 Å². The van der Waals surface area contributed by atoms with Gasteiger partial charge in [-0.3, -0.25) is 4.79 Å². The van der Waals surface area contributed by atoms with Gasteiger partial charge in [-0.2, -0.15) is 0 Å². The molecular formula is C20H17BrO6. The molecule has 0 aliphatic rings. The normalized spacial score (nSPS) is 10.6. The van der Waals surface area contributed by atoms with Crippen molar-refractivity contribution in [2.24, 2.45) is 0 Å². The maximum absolute atomic E-state index is 12.6. The molecule has 1 heterocycles. The number of fused-ring (bicyclic) bond motifs is 1. The lowest BCUT2D eigenvalue weighted by atomic mass is 10.2. The Morgan fingerprint density at radius 3 is 2.74 bits per heavy atom. The van der Waals surface area contributed by atoms with Crippen LogP contribution < -0.4 is 14.9 Å². The van der Waals surface area contributed by atoms with Gasteiger partial charge in [0, 0.05) is 6.07 Å². The highest BCUT2D eigenvalue weighted by molar-refractivity contribution is 9.10. The van der Waals surface area contributed by atoms with Crippen molar-refractivity contribution in [3.05, 3.63) is 63.4 Å². The lowest BCUT2D eigenvalue weighted by Gasteiger charge is -2.08. The second kappa shape index (κ2) is 8.73. The molecule has 0 unspecified atom stereocenters. The molecule has 0 fully saturated rings. The van der Waals surface area contributed by atoms with Gasteiger partial charge in [0.05, 0.1) is 16.5 Å². The molecule has 6 nitrogen and oxygen atoms in total. The van der Waals surface area contributed by atoms with Crippen LogP contribution in [-0.2, 0) is 4.74 Å². The second-order valence-electron chi connectivity index (χ2n) is 5.67. The van der Waals surface area contributed by atoms with Gasteiger partial charge >= 0.3 is 6.16 Å². The van der Waals surface area contributed by atoms with Gasteiger partial charge in [0.25, 0.3) is 0 Å². The van der Waals surface area contributed by atoms with Gasteiger partial charge in [-0.15, -0.1) is 0 Å². The first kappa shape index (κ1) is 19.0. The molecule has 0 N–H and O–H groups in total. The van der Waals surface area contributed by atoms with Crippen molar-refractivity contribution in [3.8, 4) is 17.2 Å². The number of hydrogen-bond acceptors (Lipinski definition) is 6. The third kappa shape index (κ3) is 4.68. The van der Waals surface area contributed by atoms with Crippen LogP contribution in [0.2, 0.25) is 0 Å². The third-order valence-corrected chi connectivity index (χ3v) is 4.35. The Hall–Kier alpha value is -2.80. The molecule has 27 heavy (non-hydrogen) atoms. The molecule has 140 valence electrons. The fourth-order valence-electron chi connectivity index (χ4n) is 2.30. The predicted molar refractivity (Wildman–Crippen MR) is 104 cm³/mol. The van der Waals surface area contributed by atoms with Gasteiger partial charge in [0.2, 0.25) is 11.2 Å². The van der Waals surface area contributed by atoms with Crippen LogP contribution in [0, 0.1) is 0 Å². The van der Waals surface area contributed by atoms with E-state index in [1.54, 1.807) is 18.2 Å². The minimum atomic E-state index is -0.793. The number of ether oxygens (including phenoxy) is 3. The van der Waals surface area contributed by atoms with Gasteiger partial charge in [-0.25, -0.2) is 4.79 Å². The Balaban J connectivity index is 1.80. The molecule has 1 aromatic heterocycles. The molecule has 7 heteroatoms. The topological polar surface area (TPSA) is 75.0 Å². The van der Waals surface area contributed by atoms with Gasteiger partial charge < -0.3 is 18.6 Å². The summed E-state index contributed by atoms with van der Waals surface area (Å²) >= 11 is 3.36. The molecule has 3 aromatic rings. The first-order valence-corrected chi connectivity index (χ1v) is 9.20. The van der Waals surface area contributed by atoms with Gasteiger partial charge in [-0.05, 0) is 46.6 Å². The molecule has 0 aliphatic heterocycles. The van der Waals surface area contributed by atoms with Gasteiger partial charge in [0.1, 0.15) is 23.3 Å². The standard InChI is InChI=1S/C20H17BrO6/c1-2-3-10-24-20(23)26-13-8-9-14-17(11-13)25-12-18(19(14)22)27-16-7-5-4-6-15(16)21/h4-9,11-12H,2-3,10H2,1H3. The summed E-state index contributed by atoms with van der Waals surface area (Å²) in [4.78, 5) is 24.2. The molecule has 0 amide bonds. The van der Waals surface area contributed by atoms with E-state index in [2.05, 4.69) is 15.9 Å². The largest absolute Gasteiger partial charge is 0.513 e. The molecule has 0 bridgehead atoms. The summed E-state index contributed by atoms with van der Waals surface area (Å²) in [6.45, 7) is 2.29. The summed E-state index contributed by atoms with van der Waals surface area (Å²) in [7, 11) is 0. The Kier molecular flexibility index (Phi) is 6.13. The van der Waals surface area contributed by atoms with Crippen molar-refractivity contribution in [1.29, 1.82) is 0 Å². The molecule has 0 spiro atoms. The van der Waals surface area contributed by atoms with E-state index >= 15 is 0 Å². The maximum atomic E-state index is 12.6. The van der Waals surface area contributed by atoms with E-state index in [0.29, 0.717) is 17.7 Å². The average molecular weight is 433 g/mol. The predicted octanol–water partition coefficient (Wildman–Crippen LogP) is 5.66. The van der Waals surface area contributed by atoms with Crippen LogP contribution in [0.3, 0.4) is 0 Å². The van der Waals surface area contributed by atoms with Crippen LogP contribution in [0.5, 0.6) is 17.2 Å². The Morgan fingerprint density at radius 2 is 1.96 bits per heavy atom. The van der Waals surface area contributed by atoms with Crippen molar-refractivity contribution in [2.75, 3.05) is 6.61 Å². The van der Waals surface area contributed by atoms with Crippen LogP contribution in [0.15, 0.2) is 62.4 Å². The fraction of sp³-hybridized carbons (Fsp3) is 0.200. The van der Waals surface area contributed by atoms with E-state index in [1.807, 2.05) is 13.0 Å². The van der Waals surface area contributed by atoms with Gasteiger partial charge in [0.15, 0.2) is 0 Å². The van der Waals surface area contributed by atoms with Crippen LogP contribution >= 0.6 is 15.9 Å². The van der Waals surface area contributed by atoms with Crippen molar-refractivity contribution < 1.29 is 23.4 Å². The third-order valence-electron chi connectivity index (χ3n) is 3.69. The highest BCUT2D eigenvalue weighted by Crippen LogP contribution is 2.29. The van der Waals surface area contributed by atoms with Gasteiger partial charge in [-0.1, -0.05) is 25.5 Å². The van der Waals surface area contributed by atoms with E-state index in [0.717, 1.165) is 17.3 Å². The highest BCUT2D eigenvalue weighted by Gasteiger charge is 2.13. The van der Waals surface area contributed by atoms with Crippen molar-refractivity contribution >= 4 is 33.1 Å². The molecule has 0 radical (unpaired) electrons. The number of halogens is 1. The summed E-state index contributed by atoms with van der Waals surface area (Å²) in [5.41, 5.74) is -0.0533. The smallest absolute Gasteiger partial charge is 0.460 e. The van der Waals surface area contributed by atoms with E-state index in [9.17, 15) is 9.59 Å². The molecule has 0 saturated carbocycles. The van der Waals surface area contributed by atoms with E-state index in [4.69, 9.17) is 18.6 Å². The number of rotatable bonds is 6. The zero-order valence-corrected chi connectivity index (χ0v) is 16.2. The zero-order chi connectivity index (χ0) is 19.2. The summed E-state index contributed by atoms with van der Waals surface area (Å²) in [6, 6.07) is 11.7. The summed E-state index contributed by atoms with van der Waals surface area (Å²) in [6.07, 6.45) is 2.12. The number of carbonyl (C=O) groups excluding carboxylic acids is 1. The maximum Gasteiger partial charge on any atom is 0.513 e. The van der Waals surface area contributed by atoms with Crippen LogP contribution in [-0.4, -0.2) is 12.8 Å². The number of carbonyl (C=O) groups is 1. The molecular weight excluding hydrogens is 416 g/mol. The lowest BCUT2D eigenvalue weighted by Crippen LogP contribution is -2.11. The van der Waals surface area contributed by atoms with Crippen molar-refractivity contribution in [1.82, 2.24) is 0 Å². The molecule has 0 atom stereocenters. The summed E-state index contributed by atoms with van der Waals surface area (Å²) < 4.78 is 21.9. The highest BCUT2D eigenvalue weighted by atomic mass is 79.9. The van der Waals surface area contributed by atoms with Crippen LogP contribution in [0.4, 0.5) is 4.79 Å². The summed E-state index contributed by atoms with van der Waals surface area (Å²) in [5, 5.41) is 0.311.